The Bertz CT molecular complexity index is 2810. The molecule has 5 nitrogen and oxygen atoms in total. The molecule has 0 saturated carbocycles. The zero-order chi connectivity index (χ0) is 34.4. The quantitative estimate of drug-likeness (QED) is 0.169. The first kappa shape index (κ1) is 29.8. The summed E-state index contributed by atoms with van der Waals surface area (Å²) < 4.78 is 13.0. The molecule has 0 bridgehead atoms. The van der Waals surface area contributed by atoms with Gasteiger partial charge in [0.1, 0.15) is 16.7 Å². The number of furan rings is 1. The lowest BCUT2D eigenvalue weighted by atomic mass is 10.0. The van der Waals surface area contributed by atoms with Crippen LogP contribution >= 0.6 is 0 Å². The Labute approximate surface area is 300 Å². The highest BCUT2D eigenvalue weighted by molar-refractivity contribution is 6.15. The Morgan fingerprint density at radius 1 is 0.404 bits per heavy atom. The topological polar surface area (TPSA) is 45.7 Å². The fourth-order valence-corrected chi connectivity index (χ4v) is 7.27. The minimum atomic E-state index is 0.589. The van der Waals surface area contributed by atoms with Crippen molar-refractivity contribution in [2.45, 2.75) is 0 Å². The van der Waals surface area contributed by atoms with E-state index in [9.17, 15) is 0 Å². The second kappa shape index (κ2) is 12.3. The molecule has 0 amide bonds. The molecular formula is C47H31N3O2. The van der Waals surface area contributed by atoms with Gasteiger partial charge < -0.3 is 18.6 Å². The first-order chi connectivity index (χ1) is 25.8. The molecular weight excluding hydrogens is 639 g/mol. The van der Waals surface area contributed by atoms with Crippen LogP contribution in [-0.2, 0) is 0 Å². The number of para-hydroxylation sites is 4. The highest BCUT2D eigenvalue weighted by atomic mass is 16.3. The Balaban J connectivity index is 1.30. The average molecular weight is 670 g/mol. The predicted molar refractivity (Wildman–Crippen MR) is 214 cm³/mol. The normalized spacial score (nSPS) is 11.5. The SMILES string of the molecule is c1ccc(-c2nc3ccc4cc(N(c5ccccc5)c5ccccc5)cc(N(c5ccccc5)c5ccc6oc7ccccc7c6c5)c4c3o2)cc1. The minimum Gasteiger partial charge on any atom is -0.456 e. The lowest BCUT2D eigenvalue weighted by Gasteiger charge is -2.30. The molecule has 0 atom stereocenters. The molecule has 8 aromatic carbocycles. The van der Waals surface area contributed by atoms with E-state index in [0.717, 1.165) is 83.5 Å². The van der Waals surface area contributed by atoms with Gasteiger partial charge in [0, 0.05) is 44.8 Å². The number of fused-ring (bicyclic) bond motifs is 6. The van der Waals surface area contributed by atoms with E-state index in [-0.39, 0.29) is 0 Å². The van der Waals surface area contributed by atoms with Crippen LogP contribution in [0.5, 0.6) is 0 Å². The number of aromatic nitrogens is 1. The zero-order valence-corrected chi connectivity index (χ0v) is 28.1. The standard InChI is InChI=1S/C47H31N3O2/c1-5-15-32(16-6-1)47-48-41-27-25-33-29-38(49(34-17-7-2-8-18-34)35-19-9-3-10-20-35)31-42(45(33)46(41)52-47)50(36-21-11-4-12-22-36)37-26-28-44-40(30-37)39-23-13-14-24-43(39)51-44/h1-31H. The molecule has 2 aromatic heterocycles. The fourth-order valence-electron chi connectivity index (χ4n) is 7.27. The largest absolute Gasteiger partial charge is 0.456 e. The molecule has 0 saturated heterocycles. The van der Waals surface area contributed by atoms with Crippen molar-refractivity contribution in [1.29, 1.82) is 0 Å². The maximum atomic E-state index is 6.75. The second-order valence-electron chi connectivity index (χ2n) is 12.8. The lowest BCUT2D eigenvalue weighted by Crippen LogP contribution is -2.14. The third-order valence-electron chi connectivity index (χ3n) is 9.62. The maximum Gasteiger partial charge on any atom is 0.227 e. The molecule has 0 aliphatic carbocycles. The Hall–Kier alpha value is -7.11. The van der Waals surface area contributed by atoms with Crippen molar-refractivity contribution in [1.82, 2.24) is 4.98 Å². The van der Waals surface area contributed by atoms with Crippen molar-refractivity contribution < 1.29 is 8.83 Å². The number of hydrogen-bond acceptors (Lipinski definition) is 5. The molecule has 0 aliphatic rings. The van der Waals surface area contributed by atoms with Crippen molar-refractivity contribution in [3.8, 4) is 11.5 Å². The van der Waals surface area contributed by atoms with Gasteiger partial charge in [-0.15, -0.1) is 0 Å². The Morgan fingerprint density at radius 2 is 1.00 bits per heavy atom. The molecule has 246 valence electrons. The number of rotatable bonds is 7. The van der Waals surface area contributed by atoms with Crippen molar-refractivity contribution in [3.05, 3.63) is 188 Å². The molecule has 10 rings (SSSR count). The summed E-state index contributed by atoms with van der Waals surface area (Å²) in [6, 6.07) is 65.0. The van der Waals surface area contributed by atoms with Gasteiger partial charge >= 0.3 is 0 Å². The van der Waals surface area contributed by atoms with E-state index in [1.807, 2.05) is 42.5 Å². The van der Waals surface area contributed by atoms with Crippen LogP contribution in [0, 0.1) is 0 Å². The summed E-state index contributed by atoms with van der Waals surface area (Å²) in [7, 11) is 0. The van der Waals surface area contributed by atoms with Crippen LogP contribution < -0.4 is 9.80 Å². The van der Waals surface area contributed by atoms with Gasteiger partial charge in [0.2, 0.25) is 5.89 Å². The Morgan fingerprint density at radius 3 is 1.69 bits per heavy atom. The molecule has 0 radical (unpaired) electrons. The predicted octanol–water partition coefficient (Wildman–Crippen LogP) is 13.5. The van der Waals surface area contributed by atoms with Crippen molar-refractivity contribution in [2.75, 3.05) is 9.80 Å². The lowest BCUT2D eigenvalue weighted by molar-refractivity contribution is 0.623. The van der Waals surface area contributed by atoms with Gasteiger partial charge in [-0.25, -0.2) is 4.98 Å². The van der Waals surface area contributed by atoms with Crippen LogP contribution in [0.25, 0.3) is 55.3 Å². The third kappa shape index (κ3) is 5.07. The average Bonchev–Trinajstić information content (AvgIpc) is 3.82. The van der Waals surface area contributed by atoms with Crippen molar-refractivity contribution in [2.24, 2.45) is 0 Å². The summed E-state index contributed by atoms with van der Waals surface area (Å²) in [4.78, 5) is 9.62. The molecule has 0 N–H and O–H groups in total. The van der Waals surface area contributed by atoms with E-state index in [1.165, 1.54) is 0 Å². The van der Waals surface area contributed by atoms with Crippen molar-refractivity contribution in [3.63, 3.8) is 0 Å². The molecule has 2 heterocycles. The smallest absolute Gasteiger partial charge is 0.227 e. The van der Waals surface area contributed by atoms with Gasteiger partial charge in [-0.1, -0.05) is 97.1 Å². The second-order valence-corrected chi connectivity index (χ2v) is 12.8. The first-order valence-electron chi connectivity index (χ1n) is 17.4. The molecule has 0 unspecified atom stereocenters. The molecule has 52 heavy (non-hydrogen) atoms. The van der Waals surface area contributed by atoms with Gasteiger partial charge in [-0.2, -0.15) is 0 Å². The third-order valence-corrected chi connectivity index (χ3v) is 9.62. The monoisotopic (exact) mass is 669 g/mol. The summed E-state index contributed by atoms with van der Waals surface area (Å²) in [6.07, 6.45) is 0. The van der Waals surface area contributed by atoms with Crippen molar-refractivity contribution >= 4 is 77.9 Å². The van der Waals surface area contributed by atoms with Gasteiger partial charge in [0.25, 0.3) is 0 Å². The maximum absolute atomic E-state index is 6.75. The molecule has 5 heteroatoms. The minimum absolute atomic E-state index is 0.589. The van der Waals surface area contributed by atoms with E-state index in [1.54, 1.807) is 0 Å². The summed E-state index contributed by atoms with van der Waals surface area (Å²) in [5.41, 5.74) is 10.3. The van der Waals surface area contributed by atoms with E-state index < -0.39 is 0 Å². The Kier molecular flexibility index (Phi) is 7.07. The molecule has 0 fully saturated rings. The van der Waals surface area contributed by atoms with Gasteiger partial charge in [0.05, 0.1) is 11.1 Å². The van der Waals surface area contributed by atoms with Crippen LogP contribution in [-0.4, -0.2) is 4.98 Å². The zero-order valence-electron chi connectivity index (χ0n) is 28.1. The summed E-state index contributed by atoms with van der Waals surface area (Å²) in [6.45, 7) is 0. The van der Waals surface area contributed by atoms with E-state index in [0.29, 0.717) is 5.89 Å². The number of benzene rings is 8. The van der Waals surface area contributed by atoms with E-state index in [4.69, 9.17) is 13.8 Å². The highest BCUT2D eigenvalue weighted by Gasteiger charge is 2.24. The number of hydrogen-bond donors (Lipinski definition) is 0. The summed E-state index contributed by atoms with van der Waals surface area (Å²) in [5, 5.41) is 4.14. The molecule has 10 aromatic rings. The number of oxazole rings is 1. The van der Waals surface area contributed by atoms with Crippen LogP contribution in [0.1, 0.15) is 0 Å². The van der Waals surface area contributed by atoms with Gasteiger partial charge in [-0.3, -0.25) is 0 Å². The van der Waals surface area contributed by atoms with Crippen LogP contribution in [0.2, 0.25) is 0 Å². The number of nitrogens with zero attached hydrogens (tertiary/aromatic N) is 3. The first-order valence-corrected chi connectivity index (χ1v) is 17.4. The molecule has 0 aliphatic heterocycles. The summed E-state index contributed by atoms with van der Waals surface area (Å²) >= 11 is 0. The van der Waals surface area contributed by atoms with Gasteiger partial charge in [0.15, 0.2) is 5.58 Å². The van der Waals surface area contributed by atoms with E-state index in [2.05, 4.69) is 155 Å². The summed E-state index contributed by atoms with van der Waals surface area (Å²) in [5.74, 6) is 0.589. The number of anilines is 6. The van der Waals surface area contributed by atoms with Crippen LogP contribution in [0.15, 0.2) is 197 Å². The molecule has 0 spiro atoms. The van der Waals surface area contributed by atoms with Gasteiger partial charge in [-0.05, 0) is 96.4 Å². The van der Waals surface area contributed by atoms with Crippen LogP contribution in [0.3, 0.4) is 0 Å². The van der Waals surface area contributed by atoms with E-state index >= 15 is 0 Å². The fraction of sp³-hybridized carbons (Fsp3) is 0. The van der Waals surface area contributed by atoms with Crippen LogP contribution in [0.4, 0.5) is 34.1 Å². The highest BCUT2D eigenvalue weighted by Crippen LogP contribution is 2.47.